The fourth-order valence-corrected chi connectivity index (χ4v) is 3.25. The molecular formula is C11H6N2O3S2. The van der Waals surface area contributed by atoms with Gasteiger partial charge in [-0.3, -0.25) is 0 Å². The molecule has 0 aliphatic carbocycles. The van der Waals surface area contributed by atoms with Crippen molar-refractivity contribution in [1.82, 2.24) is 9.97 Å². The number of thiazole rings is 1. The highest BCUT2D eigenvalue weighted by atomic mass is 32.2. The van der Waals surface area contributed by atoms with Crippen molar-refractivity contribution in [3.05, 3.63) is 36.2 Å². The average Bonchev–Trinajstić information content (AvgIpc) is 2.94. The second kappa shape index (κ2) is 4.43. The maximum absolute atomic E-state index is 10.7. The number of carboxylic acid groups (broad SMARTS) is 1. The number of benzene rings is 1. The van der Waals surface area contributed by atoms with Crippen LogP contribution in [0, 0.1) is 0 Å². The number of fused-ring (bicyclic) bond motifs is 1. The molecule has 0 bridgehead atoms. The Kier molecular flexibility index (Phi) is 2.77. The summed E-state index contributed by atoms with van der Waals surface area (Å²) in [5.74, 6) is -1.10. The Labute approximate surface area is 109 Å². The minimum Gasteiger partial charge on any atom is -0.476 e. The molecule has 2 aromatic heterocycles. The number of hydrogen-bond acceptors (Lipinski definition) is 6. The third-order valence-corrected chi connectivity index (χ3v) is 4.11. The average molecular weight is 278 g/mol. The van der Waals surface area contributed by atoms with Crippen LogP contribution in [0.2, 0.25) is 0 Å². The molecule has 0 amide bonds. The molecule has 0 radical (unpaired) electrons. The lowest BCUT2D eigenvalue weighted by Gasteiger charge is -1.87. The highest BCUT2D eigenvalue weighted by Crippen LogP contribution is 2.33. The summed E-state index contributed by atoms with van der Waals surface area (Å²) in [6, 6.07) is 7.77. The van der Waals surface area contributed by atoms with Gasteiger partial charge < -0.3 is 9.52 Å². The molecule has 0 aliphatic heterocycles. The Morgan fingerprint density at radius 2 is 2.17 bits per heavy atom. The first-order valence-electron chi connectivity index (χ1n) is 4.94. The molecular weight excluding hydrogens is 272 g/mol. The number of para-hydroxylation sites is 1. The Bertz CT molecular complexity index is 687. The molecule has 5 nitrogen and oxygen atoms in total. The first-order chi connectivity index (χ1) is 8.72. The van der Waals surface area contributed by atoms with Crippen molar-refractivity contribution in [2.45, 2.75) is 9.56 Å². The molecule has 0 saturated heterocycles. The molecule has 7 heteroatoms. The number of carboxylic acids is 1. The van der Waals surface area contributed by atoms with Crippen molar-refractivity contribution in [3.8, 4) is 0 Å². The van der Waals surface area contributed by atoms with Crippen LogP contribution in [0.4, 0.5) is 0 Å². The monoisotopic (exact) mass is 278 g/mol. The van der Waals surface area contributed by atoms with Gasteiger partial charge in [-0.25, -0.2) is 9.78 Å². The number of aromatic carboxylic acids is 1. The van der Waals surface area contributed by atoms with Gasteiger partial charge in [0.2, 0.25) is 0 Å². The highest BCUT2D eigenvalue weighted by Gasteiger charge is 2.13. The van der Waals surface area contributed by atoms with Gasteiger partial charge >= 0.3 is 5.97 Å². The topological polar surface area (TPSA) is 76.2 Å². The normalized spacial score (nSPS) is 10.9. The van der Waals surface area contributed by atoms with E-state index in [1.165, 1.54) is 23.1 Å². The number of nitrogens with zero attached hydrogens (tertiary/aromatic N) is 2. The van der Waals surface area contributed by atoms with Crippen LogP contribution in [0.5, 0.6) is 0 Å². The minimum atomic E-state index is -1.10. The molecule has 0 spiro atoms. The molecule has 0 fully saturated rings. The summed E-state index contributed by atoms with van der Waals surface area (Å²) >= 11 is 2.73. The van der Waals surface area contributed by atoms with E-state index in [4.69, 9.17) is 9.52 Å². The second-order valence-electron chi connectivity index (χ2n) is 3.35. The number of carbonyl (C=O) groups is 1. The van der Waals surface area contributed by atoms with Gasteiger partial charge in [0.05, 0.1) is 10.2 Å². The first-order valence-corrected chi connectivity index (χ1v) is 6.58. The molecule has 0 saturated carbocycles. The fourth-order valence-electron chi connectivity index (χ4n) is 1.37. The minimum absolute atomic E-state index is 0.0985. The number of aromatic nitrogens is 2. The molecule has 2 heterocycles. The standard InChI is InChI=1S/C11H6N2O3S2/c14-9(15)7-5-16-10(12-7)18-11-13-6-3-1-2-4-8(6)17-11/h1-5H,(H,14,15). The van der Waals surface area contributed by atoms with Crippen LogP contribution in [-0.2, 0) is 0 Å². The van der Waals surface area contributed by atoms with Gasteiger partial charge in [-0.2, -0.15) is 4.98 Å². The quantitative estimate of drug-likeness (QED) is 0.793. The van der Waals surface area contributed by atoms with E-state index in [2.05, 4.69) is 9.97 Å². The van der Waals surface area contributed by atoms with Crippen molar-refractivity contribution in [2.24, 2.45) is 0 Å². The predicted molar refractivity (Wildman–Crippen MR) is 67.2 cm³/mol. The lowest BCUT2D eigenvalue weighted by Crippen LogP contribution is -1.95. The summed E-state index contributed by atoms with van der Waals surface area (Å²) in [6.07, 6.45) is 1.12. The van der Waals surface area contributed by atoms with Gasteiger partial charge in [-0.1, -0.05) is 12.1 Å². The smallest absolute Gasteiger partial charge is 0.357 e. The molecule has 90 valence electrons. The Morgan fingerprint density at radius 3 is 2.89 bits per heavy atom. The van der Waals surface area contributed by atoms with Crippen LogP contribution >= 0.6 is 23.1 Å². The molecule has 18 heavy (non-hydrogen) atoms. The van der Waals surface area contributed by atoms with Crippen molar-refractivity contribution in [3.63, 3.8) is 0 Å². The third-order valence-electron chi connectivity index (χ3n) is 2.15. The van der Waals surface area contributed by atoms with E-state index in [-0.39, 0.29) is 10.9 Å². The first kappa shape index (κ1) is 11.2. The van der Waals surface area contributed by atoms with Crippen LogP contribution < -0.4 is 0 Å². The lowest BCUT2D eigenvalue weighted by atomic mass is 10.3. The van der Waals surface area contributed by atoms with E-state index in [0.717, 1.165) is 20.8 Å². The van der Waals surface area contributed by atoms with E-state index in [9.17, 15) is 4.79 Å². The molecule has 0 unspecified atom stereocenters. The van der Waals surface area contributed by atoms with Crippen molar-refractivity contribution < 1.29 is 14.3 Å². The molecule has 1 aromatic carbocycles. The van der Waals surface area contributed by atoms with Crippen LogP contribution in [0.25, 0.3) is 10.2 Å². The van der Waals surface area contributed by atoms with Crippen molar-refractivity contribution >= 4 is 39.3 Å². The van der Waals surface area contributed by atoms with Gasteiger partial charge in [-0.15, -0.1) is 11.3 Å². The van der Waals surface area contributed by atoms with Gasteiger partial charge in [-0.05, 0) is 12.1 Å². The van der Waals surface area contributed by atoms with Crippen LogP contribution in [0.3, 0.4) is 0 Å². The van der Waals surface area contributed by atoms with Gasteiger partial charge in [0.25, 0.3) is 5.22 Å². The summed E-state index contributed by atoms with van der Waals surface area (Å²) in [7, 11) is 0. The van der Waals surface area contributed by atoms with Crippen LogP contribution in [0.1, 0.15) is 10.5 Å². The summed E-state index contributed by atoms with van der Waals surface area (Å²) in [5.41, 5.74) is 0.814. The SMILES string of the molecule is O=C(O)c1coc(Sc2nc3ccccc3s2)n1. The predicted octanol–water partition coefficient (Wildman–Crippen LogP) is 3.13. The Balaban J connectivity index is 1.88. The Hall–Kier alpha value is -1.86. The van der Waals surface area contributed by atoms with E-state index in [0.29, 0.717) is 0 Å². The van der Waals surface area contributed by atoms with E-state index >= 15 is 0 Å². The summed E-state index contributed by atoms with van der Waals surface area (Å²) in [6.45, 7) is 0. The third kappa shape index (κ3) is 2.09. The largest absolute Gasteiger partial charge is 0.476 e. The van der Waals surface area contributed by atoms with Gasteiger partial charge in [0, 0.05) is 11.8 Å². The molecule has 3 aromatic rings. The van der Waals surface area contributed by atoms with Crippen LogP contribution in [0.15, 0.2) is 44.5 Å². The van der Waals surface area contributed by atoms with E-state index in [1.54, 1.807) is 0 Å². The lowest BCUT2D eigenvalue weighted by molar-refractivity contribution is 0.0690. The fraction of sp³-hybridized carbons (Fsp3) is 0. The molecule has 0 atom stereocenters. The molecule has 1 N–H and O–H groups in total. The zero-order valence-corrected chi connectivity index (χ0v) is 10.5. The number of rotatable bonds is 3. The van der Waals surface area contributed by atoms with Gasteiger partial charge in [0.15, 0.2) is 10.0 Å². The van der Waals surface area contributed by atoms with E-state index in [1.807, 2.05) is 24.3 Å². The summed E-state index contributed by atoms with van der Waals surface area (Å²) < 4.78 is 6.91. The highest BCUT2D eigenvalue weighted by molar-refractivity contribution is 8.00. The zero-order chi connectivity index (χ0) is 12.5. The Morgan fingerprint density at radius 1 is 1.33 bits per heavy atom. The molecule has 3 rings (SSSR count). The maximum atomic E-state index is 10.7. The van der Waals surface area contributed by atoms with Crippen molar-refractivity contribution in [2.75, 3.05) is 0 Å². The number of oxazole rings is 1. The summed E-state index contributed by atoms with van der Waals surface area (Å²) in [4.78, 5) is 18.9. The second-order valence-corrected chi connectivity index (χ2v) is 5.58. The van der Waals surface area contributed by atoms with Crippen molar-refractivity contribution in [1.29, 1.82) is 0 Å². The van der Waals surface area contributed by atoms with E-state index < -0.39 is 5.97 Å². The molecule has 0 aliphatic rings. The van der Waals surface area contributed by atoms with Crippen LogP contribution in [-0.4, -0.2) is 21.0 Å². The maximum Gasteiger partial charge on any atom is 0.357 e. The number of hydrogen-bond donors (Lipinski definition) is 1. The summed E-state index contributed by atoms with van der Waals surface area (Å²) in [5, 5.41) is 9.02. The van der Waals surface area contributed by atoms with Gasteiger partial charge in [0.1, 0.15) is 6.26 Å². The zero-order valence-electron chi connectivity index (χ0n) is 8.86.